The van der Waals surface area contributed by atoms with Crippen LogP contribution in [0.3, 0.4) is 0 Å². The van der Waals surface area contributed by atoms with Crippen molar-refractivity contribution in [3.8, 4) is 5.75 Å². The van der Waals surface area contributed by atoms with E-state index in [-0.39, 0.29) is 12.4 Å². The molecular weight excluding hydrogens is 260 g/mol. The van der Waals surface area contributed by atoms with Crippen LogP contribution in [-0.2, 0) is 0 Å². The van der Waals surface area contributed by atoms with E-state index in [9.17, 15) is 0 Å². The fourth-order valence-electron chi connectivity index (χ4n) is 2.64. The summed E-state index contributed by atoms with van der Waals surface area (Å²) in [7, 11) is 0. The molecule has 19 heavy (non-hydrogen) atoms. The summed E-state index contributed by atoms with van der Waals surface area (Å²) in [6, 6.07) is 10.5. The summed E-state index contributed by atoms with van der Waals surface area (Å²) < 4.78 is 5.75. The summed E-state index contributed by atoms with van der Waals surface area (Å²) >= 11 is 0. The molecule has 0 aromatic heterocycles. The van der Waals surface area contributed by atoms with Crippen molar-refractivity contribution in [1.29, 1.82) is 0 Å². The summed E-state index contributed by atoms with van der Waals surface area (Å²) in [5, 5.41) is 0. The van der Waals surface area contributed by atoms with Crippen molar-refractivity contribution in [1.82, 2.24) is 4.90 Å². The van der Waals surface area contributed by atoms with Crippen LogP contribution in [0, 0.1) is 5.92 Å². The molecular formula is C15H25ClN2O. The molecule has 2 unspecified atom stereocenters. The minimum atomic E-state index is 0. The molecule has 0 radical (unpaired) electrons. The van der Waals surface area contributed by atoms with E-state index in [0.29, 0.717) is 6.04 Å². The van der Waals surface area contributed by atoms with E-state index < -0.39 is 0 Å². The minimum Gasteiger partial charge on any atom is -0.492 e. The monoisotopic (exact) mass is 284 g/mol. The molecule has 1 aromatic rings. The zero-order valence-corrected chi connectivity index (χ0v) is 12.4. The van der Waals surface area contributed by atoms with Crippen LogP contribution < -0.4 is 10.5 Å². The first kappa shape index (κ1) is 16.3. The van der Waals surface area contributed by atoms with E-state index >= 15 is 0 Å². The number of nitrogens with zero attached hydrogens (tertiary/aromatic N) is 1. The maximum Gasteiger partial charge on any atom is 0.119 e. The maximum absolute atomic E-state index is 5.86. The molecule has 0 amide bonds. The summed E-state index contributed by atoms with van der Waals surface area (Å²) in [6.45, 7) is 5.95. The van der Waals surface area contributed by atoms with Crippen molar-refractivity contribution in [2.45, 2.75) is 25.8 Å². The zero-order valence-electron chi connectivity index (χ0n) is 11.6. The number of ether oxygens (including phenoxy) is 1. The predicted molar refractivity (Wildman–Crippen MR) is 82.0 cm³/mol. The summed E-state index contributed by atoms with van der Waals surface area (Å²) in [5.74, 6) is 1.76. The Kier molecular flexibility index (Phi) is 7.21. The Morgan fingerprint density at radius 3 is 2.74 bits per heavy atom. The van der Waals surface area contributed by atoms with E-state index in [4.69, 9.17) is 10.5 Å². The number of nitrogens with two attached hydrogens (primary N) is 1. The molecule has 2 N–H and O–H groups in total. The molecule has 2 atom stereocenters. The molecule has 2 rings (SSSR count). The van der Waals surface area contributed by atoms with Gasteiger partial charge in [-0.1, -0.05) is 25.1 Å². The van der Waals surface area contributed by atoms with E-state index in [2.05, 4.69) is 11.8 Å². The highest BCUT2D eigenvalue weighted by Crippen LogP contribution is 2.21. The van der Waals surface area contributed by atoms with E-state index in [1.165, 1.54) is 12.8 Å². The number of benzene rings is 1. The molecule has 0 bridgehead atoms. The van der Waals surface area contributed by atoms with Gasteiger partial charge in [0.2, 0.25) is 0 Å². The third-order valence-electron chi connectivity index (χ3n) is 3.76. The normalized spacial score (nSPS) is 23.7. The molecule has 3 nitrogen and oxygen atoms in total. The first-order valence-corrected chi connectivity index (χ1v) is 6.91. The molecule has 1 aliphatic rings. The Morgan fingerprint density at radius 2 is 2.05 bits per heavy atom. The van der Waals surface area contributed by atoms with Crippen LogP contribution in [0.25, 0.3) is 0 Å². The van der Waals surface area contributed by atoms with Crippen molar-refractivity contribution in [2.75, 3.05) is 26.2 Å². The topological polar surface area (TPSA) is 38.5 Å². The van der Waals surface area contributed by atoms with Gasteiger partial charge < -0.3 is 10.5 Å². The van der Waals surface area contributed by atoms with Gasteiger partial charge in [0.15, 0.2) is 0 Å². The van der Waals surface area contributed by atoms with Crippen LogP contribution in [0.15, 0.2) is 30.3 Å². The maximum atomic E-state index is 5.86. The largest absolute Gasteiger partial charge is 0.492 e. The second-order valence-electron chi connectivity index (χ2n) is 5.22. The Morgan fingerprint density at radius 1 is 1.32 bits per heavy atom. The van der Waals surface area contributed by atoms with E-state index in [1.54, 1.807) is 0 Å². The van der Waals surface area contributed by atoms with Crippen molar-refractivity contribution in [3.63, 3.8) is 0 Å². The third-order valence-corrected chi connectivity index (χ3v) is 3.76. The van der Waals surface area contributed by atoms with Crippen LogP contribution in [-0.4, -0.2) is 37.2 Å². The van der Waals surface area contributed by atoms with Crippen LogP contribution in [0.2, 0.25) is 0 Å². The lowest BCUT2D eigenvalue weighted by Crippen LogP contribution is -2.47. The third kappa shape index (κ3) is 5.01. The molecule has 0 spiro atoms. The number of para-hydroxylation sites is 1. The number of hydrogen-bond acceptors (Lipinski definition) is 3. The lowest BCUT2D eigenvalue weighted by molar-refractivity contribution is 0.103. The number of rotatable bonds is 5. The van der Waals surface area contributed by atoms with Gasteiger partial charge in [0.1, 0.15) is 12.4 Å². The van der Waals surface area contributed by atoms with Gasteiger partial charge >= 0.3 is 0 Å². The Balaban J connectivity index is 0.00000180. The fraction of sp³-hybridized carbons (Fsp3) is 0.600. The van der Waals surface area contributed by atoms with Crippen molar-refractivity contribution in [3.05, 3.63) is 30.3 Å². The van der Waals surface area contributed by atoms with Gasteiger partial charge in [-0.15, -0.1) is 12.4 Å². The highest BCUT2D eigenvalue weighted by Gasteiger charge is 2.24. The number of likely N-dealkylation sites (tertiary alicyclic amines) is 1. The average Bonchev–Trinajstić information content (AvgIpc) is 2.41. The summed E-state index contributed by atoms with van der Waals surface area (Å²) in [6.07, 6.45) is 2.50. The molecule has 0 saturated carbocycles. The molecule has 1 heterocycles. The molecule has 1 aromatic carbocycles. The van der Waals surface area contributed by atoms with Crippen LogP contribution in [0.5, 0.6) is 5.75 Å². The van der Waals surface area contributed by atoms with Crippen molar-refractivity contribution in [2.24, 2.45) is 11.7 Å². The second-order valence-corrected chi connectivity index (χ2v) is 5.22. The smallest absolute Gasteiger partial charge is 0.119 e. The van der Waals surface area contributed by atoms with Gasteiger partial charge in [-0.3, -0.25) is 4.90 Å². The Hall–Kier alpha value is -0.770. The Bertz CT molecular complexity index is 347. The quantitative estimate of drug-likeness (QED) is 0.903. The van der Waals surface area contributed by atoms with Gasteiger partial charge in [0.25, 0.3) is 0 Å². The van der Waals surface area contributed by atoms with E-state index in [1.807, 2.05) is 30.3 Å². The molecule has 108 valence electrons. The lowest BCUT2D eigenvalue weighted by atomic mass is 9.92. The minimum absolute atomic E-state index is 0. The molecule has 1 fully saturated rings. The molecule has 1 aliphatic heterocycles. The number of halogens is 1. The van der Waals surface area contributed by atoms with Crippen LogP contribution in [0.4, 0.5) is 0 Å². The second kappa shape index (κ2) is 8.41. The van der Waals surface area contributed by atoms with Crippen molar-refractivity contribution >= 4 is 12.4 Å². The molecule has 0 aliphatic carbocycles. The average molecular weight is 285 g/mol. The summed E-state index contributed by atoms with van der Waals surface area (Å²) in [4.78, 5) is 2.48. The summed E-state index contributed by atoms with van der Waals surface area (Å²) in [5.41, 5.74) is 5.86. The first-order valence-electron chi connectivity index (χ1n) is 6.91. The fourth-order valence-corrected chi connectivity index (χ4v) is 2.64. The van der Waals surface area contributed by atoms with Gasteiger partial charge in [-0.2, -0.15) is 0 Å². The standard InChI is InChI=1S/C15H24N2O.ClH/c1-13-7-8-17(14(11-13)12-16)9-10-18-15-5-3-2-4-6-15;/h2-6,13-14H,7-12,16H2,1H3;1H. The van der Waals surface area contributed by atoms with E-state index in [0.717, 1.165) is 37.9 Å². The highest BCUT2D eigenvalue weighted by molar-refractivity contribution is 5.85. The van der Waals surface area contributed by atoms with Crippen molar-refractivity contribution < 1.29 is 4.74 Å². The van der Waals surface area contributed by atoms with Gasteiger partial charge in [-0.25, -0.2) is 0 Å². The van der Waals surface area contributed by atoms with Crippen LogP contribution >= 0.6 is 12.4 Å². The highest BCUT2D eigenvalue weighted by atomic mass is 35.5. The SMILES string of the molecule is CC1CCN(CCOc2ccccc2)C(CN)C1.Cl. The molecule has 4 heteroatoms. The van der Waals surface area contributed by atoms with Gasteiger partial charge in [-0.05, 0) is 37.4 Å². The first-order chi connectivity index (χ1) is 8.79. The Labute approximate surface area is 122 Å². The lowest BCUT2D eigenvalue weighted by Gasteiger charge is -2.37. The predicted octanol–water partition coefficient (Wildman–Crippen LogP) is 2.55. The molecule has 1 saturated heterocycles. The number of piperidine rings is 1. The van der Waals surface area contributed by atoms with Crippen LogP contribution in [0.1, 0.15) is 19.8 Å². The van der Waals surface area contributed by atoms with Gasteiger partial charge in [0.05, 0.1) is 0 Å². The van der Waals surface area contributed by atoms with Gasteiger partial charge in [0, 0.05) is 19.1 Å². The number of hydrogen-bond donors (Lipinski definition) is 1. The zero-order chi connectivity index (χ0) is 12.8.